The van der Waals surface area contributed by atoms with E-state index < -0.39 is 35.0 Å². The highest BCUT2D eigenvalue weighted by Gasteiger charge is 2.46. The molecule has 9 aromatic carbocycles. The quantitative estimate of drug-likeness (QED) is 0.0693. The standard InChI is InChI=1S/C54H63O7P.C54H73O5P/c1-30-22-34(43-39-26-36(51(5,6)7)28-41(53(11,12)13)47(39)57-49(43)55)23-31(2)45(30)60-62(59-38-20-18-17-19-21-38)61-46-32(3)24-35(25-33(46)4)44-40-27-37(52(8,9)10)29-42(54(14,15)16)48(40)58-50(44)56;1-30-22-33(43-39-26-36(51(10,11)12)27-40(52(13,14)15)45(39)56-48(43)55)23-31(2)44(30)57-60-58-46-37(24-34(49(4,5)6)28-41(46)53(16,17)18)32(3)38-25-35(50(7,8)9)29-42(47(38)59-60)54(19,20)21/h17-29,43-44H,1-16H3;22-29,32,43H,1-21H3. The molecule has 4 heterocycles. The third kappa shape index (κ3) is 18.9. The second kappa shape index (κ2) is 32.2. The first kappa shape index (κ1) is 92.2. The number of carbonyl (C=O) groups excluding carboxylic acids is 3. The average Bonchev–Trinajstić information content (AvgIpc) is 1.47. The Bertz CT molecular complexity index is 5300. The zero-order valence-electron chi connectivity index (χ0n) is 80.2. The van der Waals surface area contributed by atoms with Gasteiger partial charge < -0.3 is 41.4 Å². The summed E-state index contributed by atoms with van der Waals surface area (Å²) in [6.45, 7) is 80.8. The van der Waals surface area contributed by atoms with Gasteiger partial charge in [-0.25, -0.2) is 0 Å². The number of aryl methyl sites for hydroxylation is 6. The molecule has 0 aromatic heterocycles. The van der Waals surface area contributed by atoms with Crippen molar-refractivity contribution in [2.24, 2.45) is 0 Å². The van der Waals surface area contributed by atoms with Crippen molar-refractivity contribution in [3.8, 4) is 51.7 Å². The van der Waals surface area contributed by atoms with Gasteiger partial charge in [0.05, 0.1) is 0 Å². The Hall–Kier alpha value is -8.95. The number of ether oxygens (including phenoxy) is 3. The van der Waals surface area contributed by atoms with Crippen LogP contribution in [0.4, 0.5) is 0 Å². The molecule has 0 N–H and O–H groups in total. The Morgan fingerprint density at radius 2 is 0.525 bits per heavy atom. The van der Waals surface area contributed by atoms with Crippen LogP contribution in [0, 0.1) is 41.5 Å². The summed E-state index contributed by atoms with van der Waals surface area (Å²) < 4.78 is 59.8. The van der Waals surface area contributed by atoms with Crippen molar-refractivity contribution < 1.29 is 55.7 Å². The molecule has 9 aromatic rings. The number of rotatable bonds is 11. The molecule has 4 aliphatic rings. The van der Waals surface area contributed by atoms with Crippen LogP contribution in [0.1, 0.15) is 372 Å². The summed E-state index contributed by atoms with van der Waals surface area (Å²) in [5, 5.41) is 0. The van der Waals surface area contributed by atoms with Crippen molar-refractivity contribution >= 4 is 35.1 Å². The van der Waals surface area contributed by atoms with Gasteiger partial charge in [0.1, 0.15) is 69.5 Å². The molecule has 0 fully saturated rings. The van der Waals surface area contributed by atoms with Crippen LogP contribution in [0.3, 0.4) is 0 Å². The predicted octanol–water partition coefficient (Wildman–Crippen LogP) is 29.3. The van der Waals surface area contributed by atoms with Crippen LogP contribution in [0.25, 0.3) is 0 Å². The Balaban J connectivity index is 0.000000223. The van der Waals surface area contributed by atoms with Gasteiger partial charge in [-0.3, -0.25) is 14.4 Å². The molecule has 122 heavy (non-hydrogen) atoms. The molecule has 0 aliphatic carbocycles. The van der Waals surface area contributed by atoms with Crippen molar-refractivity contribution in [1.82, 2.24) is 0 Å². The fourth-order valence-electron chi connectivity index (χ4n) is 16.9. The van der Waals surface area contributed by atoms with E-state index >= 15 is 0 Å². The molecule has 0 amide bonds. The van der Waals surface area contributed by atoms with Crippen LogP contribution in [-0.2, 0) is 68.5 Å². The summed E-state index contributed by atoms with van der Waals surface area (Å²) in [6.07, 6.45) is 0. The molecule has 0 bridgehead atoms. The molecule has 0 saturated carbocycles. The smallest absolute Gasteiger partial charge is 0.425 e. The van der Waals surface area contributed by atoms with Crippen molar-refractivity contribution in [3.05, 3.63) is 261 Å². The number of hydrogen-bond acceptors (Lipinski definition) is 12. The van der Waals surface area contributed by atoms with Crippen molar-refractivity contribution in [2.45, 2.75) is 334 Å². The minimum Gasteiger partial charge on any atom is -0.425 e. The van der Waals surface area contributed by atoms with Gasteiger partial charge in [0, 0.05) is 61.6 Å². The van der Waals surface area contributed by atoms with Crippen LogP contribution in [0.5, 0.6) is 51.7 Å². The molecule has 3 unspecified atom stereocenters. The van der Waals surface area contributed by atoms with E-state index in [-0.39, 0.29) is 78.0 Å². The number of esters is 3. The van der Waals surface area contributed by atoms with Crippen LogP contribution in [0.2, 0.25) is 0 Å². The van der Waals surface area contributed by atoms with E-state index in [0.29, 0.717) is 40.2 Å². The second-order valence-corrected chi connectivity index (χ2v) is 47.2. The topological polar surface area (TPSA) is 134 Å². The average molecular weight is 1690 g/mol. The lowest BCUT2D eigenvalue weighted by molar-refractivity contribution is -0.134. The van der Waals surface area contributed by atoms with Crippen molar-refractivity contribution in [3.63, 3.8) is 0 Å². The highest BCUT2D eigenvalue weighted by molar-refractivity contribution is 7.43. The number of para-hydroxylation sites is 1. The van der Waals surface area contributed by atoms with Crippen molar-refractivity contribution in [1.29, 1.82) is 0 Å². The Morgan fingerprint density at radius 1 is 0.287 bits per heavy atom. The van der Waals surface area contributed by atoms with E-state index in [1.807, 2.05) is 82.3 Å². The number of hydrogen-bond donors (Lipinski definition) is 0. The van der Waals surface area contributed by atoms with Crippen LogP contribution in [-0.4, -0.2) is 17.9 Å². The SMILES string of the molecule is Cc1cc(C2C(=O)Oc3c2cc(C(C)(C)C)cc3C(C)(C)C)cc(C)c1OP(Oc1ccccc1)Oc1c(C)cc(C2C(=O)Oc3c2cc(C(C)(C)C)cc3C(C)(C)C)cc1C.Cc1cc(C2C(=O)Oc3c2cc(C(C)(C)C)cc3C(C)(C)C)cc(C)c1OP1Oc2c(cc(C(C)(C)C)cc2C(C)(C)C)C(C)c2cc(C(C)(C)C)cc(C(C)(C)C)c2O1. The summed E-state index contributed by atoms with van der Waals surface area (Å²) in [6, 6.07) is 44.2. The minimum absolute atomic E-state index is 0.0200. The Morgan fingerprint density at radius 3 is 0.770 bits per heavy atom. The highest BCUT2D eigenvalue weighted by Crippen LogP contribution is 2.59. The third-order valence-electron chi connectivity index (χ3n) is 24.3. The molecule has 12 nitrogen and oxygen atoms in total. The van der Waals surface area contributed by atoms with Crippen molar-refractivity contribution in [2.75, 3.05) is 0 Å². The molecule has 3 atom stereocenters. The van der Waals surface area contributed by atoms with E-state index in [1.54, 1.807) is 0 Å². The summed E-state index contributed by atoms with van der Waals surface area (Å²) in [4.78, 5) is 41.5. The van der Waals surface area contributed by atoms with Crippen LogP contribution >= 0.6 is 17.2 Å². The van der Waals surface area contributed by atoms with Crippen LogP contribution < -0.4 is 41.4 Å². The van der Waals surface area contributed by atoms with E-state index in [9.17, 15) is 14.4 Å². The van der Waals surface area contributed by atoms with Gasteiger partial charge >= 0.3 is 35.1 Å². The minimum atomic E-state index is -2.05. The zero-order valence-corrected chi connectivity index (χ0v) is 82.0. The van der Waals surface area contributed by atoms with E-state index in [4.69, 9.17) is 41.4 Å². The fraction of sp³-hybridized carbons (Fsp3) is 0.472. The van der Waals surface area contributed by atoms with E-state index in [1.165, 1.54) is 16.7 Å². The Kier molecular flexibility index (Phi) is 24.4. The largest absolute Gasteiger partial charge is 0.530 e. The second-order valence-electron chi connectivity index (χ2n) is 45.3. The molecule has 650 valence electrons. The molecule has 13 rings (SSSR count). The lowest BCUT2D eigenvalue weighted by Crippen LogP contribution is -2.23. The van der Waals surface area contributed by atoms with Gasteiger partial charge in [-0.15, -0.1) is 0 Å². The highest BCUT2D eigenvalue weighted by atomic mass is 31.2. The third-order valence-corrected chi connectivity index (χ3v) is 26.4. The van der Waals surface area contributed by atoms with E-state index in [2.05, 4.69) is 301 Å². The van der Waals surface area contributed by atoms with E-state index in [0.717, 1.165) is 128 Å². The zero-order chi connectivity index (χ0) is 90.5. The van der Waals surface area contributed by atoms with Crippen LogP contribution in [0.15, 0.2) is 127 Å². The Labute approximate surface area is 733 Å². The number of benzene rings is 9. The first-order valence-electron chi connectivity index (χ1n) is 43.6. The summed E-state index contributed by atoms with van der Waals surface area (Å²) in [5.74, 6) is 3.68. The van der Waals surface area contributed by atoms with Gasteiger partial charge in [-0.2, -0.15) is 0 Å². The lowest BCUT2D eigenvalue weighted by Gasteiger charge is -2.36. The predicted molar refractivity (Wildman–Crippen MR) is 501 cm³/mol. The maximum absolute atomic E-state index is 13.9. The summed E-state index contributed by atoms with van der Waals surface area (Å²) in [5.41, 5.74) is 22.6. The van der Waals surface area contributed by atoms with Gasteiger partial charge in [0.2, 0.25) is 0 Å². The molecule has 14 heteroatoms. The van der Waals surface area contributed by atoms with Gasteiger partial charge in [0.15, 0.2) is 0 Å². The molecule has 4 aliphatic heterocycles. The van der Waals surface area contributed by atoms with Gasteiger partial charge in [0.25, 0.3) is 0 Å². The number of fused-ring (bicyclic) bond motifs is 5. The first-order chi connectivity index (χ1) is 55.9. The molecule has 0 radical (unpaired) electrons. The summed E-state index contributed by atoms with van der Waals surface area (Å²) in [7, 11) is -4.07. The van der Waals surface area contributed by atoms with Gasteiger partial charge in [-0.1, -0.05) is 330 Å². The maximum Gasteiger partial charge on any atom is 0.530 e. The molecular formula is C108H136O12P2. The first-order valence-corrected chi connectivity index (χ1v) is 45.7. The molecule has 0 spiro atoms. The normalized spacial score (nSPS) is 17.8. The lowest BCUT2D eigenvalue weighted by atomic mass is 9.74. The molecular weight excluding hydrogens is 1550 g/mol. The summed E-state index contributed by atoms with van der Waals surface area (Å²) >= 11 is 0. The fourth-order valence-corrected chi connectivity index (χ4v) is 19.5. The maximum atomic E-state index is 13.9. The van der Waals surface area contributed by atoms with Gasteiger partial charge in [-0.05, 0) is 186 Å². The molecule has 0 saturated heterocycles. The monoisotopic (exact) mass is 1690 g/mol. The number of carbonyl (C=O) groups is 3.